The summed E-state index contributed by atoms with van der Waals surface area (Å²) in [5.41, 5.74) is -1.72. The van der Waals surface area contributed by atoms with Gasteiger partial charge in [0.2, 0.25) is 0 Å². The second kappa shape index (κ2) is 12.2. The van der Waals surface area contributed by atoms with Crippen molar-refractivity contribution in [3.8, 4) is 0 Å². The summed E-state index contributed by atoms with van der Waals surface area (Å²) in [6.45, 7) is 13.4. The number of likely N-dealkylation sites (N-methyl/N-ethyl adjacent to an activating group) is 1. The zero-order valence-electron chi connectivity index (χ0n) is 17.7. The summed E-state index contributed by atoms with van der Waals surface area (Å²) in [7, 11) is 0. The molecule has 1 atom stereocenters. The minimum atomic E-state index is -1.20. The molecule has 1 amide bonds. The number of hydrogen-bond acceptors (Lipinski definition) is 5. The van der Waals surface area contributed by atoms with Gasteiger partial charge >= 0.3 is 6.09 Å². The molecular weight excluding hydrogens is 475 g/mol. The van der Waals surface area contributed by atoms with Crippen molar-refractivity contribution < 1.29 is 19.1 Å². The number of aliphatic imine (C=N–C) groups is 1. The van der Waals surface area contributed by atoms with Crippen LogP contribution in [0.25, 0.3) is 0 Å². The third-order valence-electron chi connectivity index (χ3n) is 3.65. The van der Waals surface area contributed by atoms with Crippen molar-refractivity contribution in [1.29, 1.82) is 0 Å². The van der Waals surface area contributed by atoms with Crippen molar-refractivity contribution in [1.82, 2.24) is 15.5 Å². The van der Waals surface area contributed by atoms with Gasteiger partial charge in [0.25, 0.3) is 0 Å². The zero-order valence-corrected chi connectivity index (χ0v) is 20.1. The van der Waals surface area contributed by atoms with Crippen molar-refractivity contribution in [3.63, 3.8) is 0 Å². The van der Waals surface area contributed by atoms with Crippen molar-refractivity contribution in [3.05, 3.63) is 24.2 Å². The maximum absolute atomic E-state index is 12.2. The number of carbonyl (C=O) groups excluding carboxylic acids is 1. The Morgan fingerprint density at radius 3 is 2.46 bits per heavy atom. The number of guanidine groups is 1. The second-order valence-electron chi connectivity index (χ2n) is 7.43. The number of nitrogens with zero attached hydrogens (tertiary/aromatic N) is 2. The fourth-order valence-corrected chi connectivity index (χ4v) is 2.25. The van der Waals surface area contributed by atoms with Gasteiger partial charge in [-0.25, -0.2) is 9.79 Å². The number of halogens is 1. The fraction of sp³-hybridized carbons (Fsp3) is 0.684. The van der Waals surface area contributed by atoms with Gasteiger partial charge in [-0.05, 0) is 53.7 Å². The number of rotatable bonds is 8. The Labute approximate surface area is 185 Å². The van der Waals surface area contributed by atoms with Gasteiger partial charge in [0.1, 0.15) is 17.0 Å². The number of hydrogen-bond donors (Lipinski definition) is 3. The molecule has 0 aliphatic heterocycles. The number of aliphatic hydroxyl groups is 1. The van der Waals surface area contributed by atoms with Crippen LogP contribution < -0.4 is 10.6 Å². The van der Waals surface area contributed by atoms with E-state index in [2.05, 4.69) is 15.6 Å². The predicted octanol–water partition coefficient (Wildman–Crippen LogP) is 2.92. The standard InChI is InChI=1S/C19H34N4O4.HI/c1-7-20-16(22-14-19(6,25)15-10-9-13-26-15)21-11-12-23(8-2)17(24)27-18(3,4)5;/h9-10,13,25H,7-8,11-12,14H2,1-6H3,(H2,20,21,22);1H. The molecule has 1 unspecified atom stereocenters. The maximum atomic E-state index is 12.2. The van der Waals surface area contributed by atoms with Crippen LogP contribution in [0, 0.1) is 0 Å². The average Bonchev–Trinajstić information content (AvgIpc) is 3.10. The summed E-state index contributed by atoms with van der Waals surface area (Å²) in [6.07, 6.45) is 1.18. The summed E-state index contributed by atoms with van der Waals surface area (Å²) in [4.78, 5) is 18.2. The molecule has 9 heteroatoms. The van der Waals surface area contributed by atoms with Crippen LogP contribution >= 0.6 is 24.0 Å². The third-order valence-corrected chi connectivity index (χ3v) is 3.65. The number of nitrogens with one attached hydrogen (secondary N) is 2. The molecule has 0 aliphatic rings. The largest absolute Gasteiger partial charge is 0.466 e. The van der Waals surface area contributed by atoms with Crippen LogP contribution in [0.1, 0.15) is 47.3 Å². The lowest BCUT2D eigenvalue weighted by atomic mass is 10.0. The lowest BCUT2D eigenvalue weighted by molar-refractivity contribution is 0.0264. The molecule has 1 heterocycles. The molecular formula is C19H35IN4O4. The van der Waals surface area contributed by atoms with Crippen molar-refractivity contribution in [2.24, 2.45) is 4.99 Å². The van der Waals surface area contributed by atoms with Crippen LogP contribution in [0.3, 0.4) is 0 Å². The molecule has 0 aromatic carbocycles. The summed E-state index contributed by atoms with van der Waals surface area (Å²) < 4.78 is 10.7. The molecule has 1 rings (SSSR count). The molecule has 162 valence electrons. The van der Waals surface area contributed by atoms with Crippen LogP contribution in [0.4, 0.5) is 4.79 Å². The third kappa shape index (κ3) is 9.63. The number of furan rings is 1. The van der Waals surface area contributed by atoms with E-state index in [1.54, 1.807) is 24.0 Å². The quantitative estimate of drug-likeness (QED) is 0.283. The lowest BCUT2D eigenvalue weighted by Crippen LogP contribution is -2.44. The van der Waals surface area contributed by atoms with Crippen LogP contribution in [0.15, 0.2) is 27.8 Å². The number of ether oxygens (including phenoxy) is 1. The summed E-state index contributed by atoms with van der Waals surface area (Å²) in [6, 6.07) is 3.45. The van der Waals surface area contributed by atoms with Crippen LogP contribution in [0.2, 0.25) is 0 Å². The van der Waals surface area contributed by atoms with E-state index in [1.807, 2.05) is 34.6 Å². The van der Waals surface area contributed by atoms with E-state index in [1.165, 1.54) is 6.26 Å². The molecule has 0 spiro atoms. The number of carbonyl (C=O) groups is 1. The normalized spacial score (nSPS) is 13.9. The molecule has 0 aliphatic carbocycles. The van der Waals surface area contributed by atoms with Gasteiger partial charge in [-0.1, -0.05) is 0 Å². The van der Waals surface area contributed by atoms with Crippen LogP contribution in [-0.4, -0.2) is 60.4 Å². The van der Waals surface area contributed by atoms with E-state index >= 15 is 0 Å². The minimum Gasteiger partial charge on any atom is -0.466 e. The Hall–Kier alpha value is -1.49. The van der Waals surface area contributed by atoms with E-state index in [0.29, 0.717) is 37.9 Å². The smallest absolute Gasteiger partial charge is 0.410 e. The highest BCUT2D eigenvalue weighted by atomic mass is 127. The molecule has 28 heavy (non-hydrogen) atoms. The van der Waals surface area contributed by atoms with Gasteiger partial charge in [-0.15, -0.1) is 24.0 Å². The molecule has 0 fully saturated rings. The second-order valence-corrected chi connectivity index (χ2v) is 7.43. The van der Waals surface area contributed by atoms with Gasteiger partial charge in [0.05, 0.1) is 12.8 Å². The van der Waals surface area contributed by atoms with Crippen molar-refractivity contribution >= 4 is 36.0 Å². The van der Waals surface area contributed by atoms with Crippen LogP contribution in [0.5, 0.6) is 0 Å². The molecule has 1 aromatic heterocycles. The van der Waals surface area contributed by atoms with Gasteiger partial charge in [-0.3, -0.25) is 0 Å². The molecule has 0 saturated heterocycles. The summed E-state index contributed by atoms with van der Waals surface area (Å²) >= 11 is 0. The first-order valence-electron chi connectivity index (χ1n) is 9.35. The zero-order chi connectivity index (χ0) is 20.5. The van der Waals surface area contributed by atoms with Gasteiger partial charge in [0, 0.05) is 26.2 Å². The Balaban J connectivity index is 0.00000729. The van der Waals surface area contributed by atoms with E-state index in [0.717, 1.165) is 0 Å². The Morgan fingerprint density at radius 2 is 1.96 bits per heavy atom. The Morgan fingerprint density at radius 1 is 1.29 bits per heavy atom. The van der Waals surface area contributed by atoms with Gasteiger partial charge in [0.15, 0.2) is 5.96 Å². The average molecular weight is 510 g/mol. The SMILES string of the molecule is CCNC(=NCC(C)(O)c1ccco1)NCCN(CC)C(=O)OC(C)(C)C.I. The molecule has 0 radical (unpaired) electrons. The maximum Gasteiger partial charge on any atom is 0.410 e. The fourth-order valence-electron chi connectivity index (χ4n) is 2.25. The molecule has 3 N–H and O–H groups in total. The van der Waals surface area contributed by atoms with E-state index in [4.69, 9.17) is 9.15 Å². The predicted molar refractivity (Wildman–Crippen MR) is 121 cm³/mol. The summed E-state index contributed by atoms with van der Waals surface area (Å²) in [5, 5.41) is 16.8. The Kier molecular flexibility index (Phi) is 11.5. The van der Waals surface area contributed by atoms with Crippen molar-refractivity contribution in [2.45, 2.75) is 52.7 Å². The topological polar surface area (TPSA) is 99.3 Å². The van der Waals surface area contributed by atoms with E-state index < -0.39 is 11.2 Å². The first-order chi connectivity index (χ1) is 12.6. The van der Waals surface area contributed by atoms with E-state index in [9.17, 15) is 9.90 Å². The van der Waals surface area contributed by atoms with Crippen LogP contribution in [-0.2, 0) is 10.3 Å². The van der Waals surface area contributed by atoms with Gasteiger partial charge < -0.3 is 29.8 Å². The Bertz CT molecular complexity index is 598. The molecule has 8 nitrogen and oxygen atoms in total. The monoisotopic (exact) mass is 510 g/mol. The first kappa shape index (κ1) is 26.5. The van der Waals surface area contributed by atoms with Crippen molar-refractivity contribution in [2.75, 3.05) is 32.7 Å². The molecule has 0 saturated carbocycles. The summed E-state index contributed by atoms with van der Waals surface area (Å²) in [5.74, 6) is 1.02. The highest BCUT2D eigenvalue weighted by Crippen LogP contribution is 2.21. The first-order valence-corrected chi connectivity index (χ1v) is 9.35. The highest BCUT2D eigenvalue weighted by Gasteiger charge is 2.26. The number of amides is 1. The minimum absolute atomic E-state index is 0. The molecule has 1 aromatic rings. The highest BCUT2D eigenvalue weighted by molar-refractivity contribution is 14.0. The van der Waals surface area contributed by atoms with Gasteiger partial charge in [-0.2, -0.15) is 0 Å². The lowest BCUT2D eigenvalue weighted by Gasteiger charge is -2.27. The van der Waals surface area contributed by atoms with E-state index in [-0.39, 0.29) is 36.6 Å². The molecule has 0 bridgehead atoms.